The molecule has 8 heteroatoms. The van der Waals surface area contributed by atoms with E-state index in [0.717, 1.165) is 38.5 Å². The van der Waals surface area contributed by atoms with Crippen molar-refractivity contribution in [2.45, 2.75) is 13.8 Å². The quantitative estimate of drug-likeness (QED) is 0.329. The molecule has 0 fully saturated rings. The van der Waals surface area contributed by atoms with Gasteiger partial charge in [-0.1, -0.05) is 23.8 Å². The molecule has 4 aromatic heterocycles. The number of nitrogens with zero attached hydrogens (tertiary/aromatic N) is 5. The van der Waals surface area contributed by atoms with E-state index in [4.69, 9.17) is 4.98 Å². The number of pyridine rings is 2. The number of anilines is 1. The lowest BCUT2D eigenvalue weighted by atomic mass is 10.0. The van der Waals surface area contributed by atoms with Crippen LogP contribution in [0.4, 0.5) is 5.82 Å². The van der Waals surface area contributed by atoms with Crippen molar-refractivity contribution < 1.29 is 14.7 Å². The highest BCUT2D eigenvalue weighted by atomic mass is 16.5. The average molecular weight is 437 g/mol. The van der Waals surface area contributed by atoms with Gasteiger partial charge < -0.3 is 5.32 Å². The molecule has 0 radical (unpaired) electrons. The van der Waals surface area contributed by atoms with Crippen molar-refractivity contribution in [3.63, 3.8) is 0 Å². The molecule has 8 nitrogen and oxygen atoms in total. The first-order valence-electron chi connectivity index (χ1n) is 10.4. The Bertz CT molecular complexity index is 1510. The zero-order chi connectivity index (χ0) is 22.9. The molecule has 0 unspecified atom stereocenters. The van der Waals surface area contributed by atoms with Crippen LogP contribution < -0.4 is 10.0 Å². The topological polar surface area (TPSA) is 96.3 Å². The van der Waals surface area contributed by atoms with E-state index < -0.39 is 0 Å². The predicted molar refractivity (Wildman–Crippen MR) is 123 cm³/mol. The van der Waals surface area contributed by atoms with Crippen LogP contribution in [0.15, 0.2) is 79.3 Å². The van der Waals surface area contributed by atoms with Gasteiger partial charge >= 0.3 is 0 Å². The third-order valence-corrected chi connectivity index (χ3v) is 5.34. The second kappa shape index (κ2) is 8.16. The molecule has 162 valence electrons. The van der Waals surface area contributed by atoms with Crippen LogP contribution in [0.25, 0.3) is 28.2 Å². The standard InChI is InChI=1S/C25H20N6O2/c1-16-5-3-6-18(13-16)23-24(31-22(29-23)7-4-10-27-31)19-8-11-26-21(15-19)28-25(32)20-9-12-30(33)17(2)14-20/h3-15H,1-2H3,(H-,26,28,32,33)/p+1. The maximum absolute atomic E-state index is 12.7. The van der Waals surface area contributed by atoms with E-state index in [2.05, 4.69) is 21.5 Å². The molecule has 0 saturated heterocycles. The number of aryl methyl sites for hydroxylation is 2. The summed E-state index contributed by atoms with van der Waals surface area (Å²) in [5, 5.41) is 17.0. The van der Waals surface area contributed by atoms with Gasteiger partial charge in [-0.2, -0.15) is 5.10 Å². The molecule has 5 rings (SSSR count). The smallest absolute Gasteiger partial charge is 0.257 e. The van der Waals surface area contributed by atoms with E-state index in [9.17, 15) is 10.0 Å². The normalized spacial score (nSPS) is 11.0. The molecule has 0 aliphatic carbocycles. The molecule has 2 N–H and O–H groups in total. The molecule has 1 aromatic carbocycles. The van der Waals surface area contributed by atoms with Crippen molar-refractivity contribution in [1.29, 1.82) is 0 Å². The molecule has 0 bridgehead atoms. The number of carbonyl (C=O) groups excluding carboxylic acids is 1. The minimum atomic E-state index is -0.321. The van der Waals surface area contributed by atoms with Crippen LogP contribution in [0, 0.1) is 13.8 Å². The largest absolute Gasteiger partial charge is 0.307 e. The fourth-order valence-electron chi connectivity index (χ4n) is 3.73. The van der Waals surface area contributed by atoms with Crippen LogP contribution in [0.2, 0.25) is 0 Å². The zero-order valence-electron chi connectivity index (χ0n) is 18.1. The van der Waals surface area contributed by atoms with Gasteiger partial charge in [-0.3, -0.25) is 10.0 Å². The minimum Gasteiger partial charge on any atom is -0.307 e. The number of nitrogens with one attached hydrogen (secondary N) is 1. The number of fused-ring (bicyclic) bond motifs is 1. The van der Waals surface area contributed by atoms with Crippen molar-refractivity contribution in [1.82, 2.24) is 19.6 Å². The van der Waals surface area contributed by atoms with Gasteiger partial charge in [0.15, 0.2) is 5.65 Å². The summed E-state index contributed by atoms with van der Waals surface area (Å²) in [6.45, 7) is 3.75. The number of hydrogen-bond acceptors (Lipinski definition) is 5. The molecule has 0 spiro atoms. The van der Waals surface area contributed by atoms with Crippen LogP contribution in [0.5, 0.6) is 0 Å². The second-order valence-electron chi connectivity index (χ2n) is 7.76. The van der Waals surface area contributed by atoms with Crippen LogP contribution in [0.1, 0.15) is 21.6 Å². The number of amides is 1. The molecule has 0 saturated carbocycles. The van der Waals surface area contributed by atoms with Gasteiger partial charge in [0.2, 0.25) is 11.9 Å². The minimum absolute atomic E-state index is 0.321. The van der Waals surface area contributed by atoms with Gasteiger partial charge in [-0.05, 0) is 37.3 Å². The molecule has 5 aromatic rings. The van der Waals surface area contributed by atoms with E-state index >= 15 is 0 Å². The Morgan fingerprint density at radius 1 is 1.00 bits per heavy atom. The maximum atomic E-state index is 12.7. The van der Waals surface area contributed by atoms with E-state index in [-0.39, 0.29) is 5.91 Å². The van der Waals surface area contributed by atoms with Crippen LogP contribution >= 0.6 is 0 Å². The van der Waals surface area contributed by atoms with E-state index in [0.29, 0.717) is 17.1 Å². The highest BCUT2D eigenvalue weighted by molar-refractivity contribution is 6.04. The first-order valence-corrected chi connectivity index (χ1v) is 10.4. The van der Waals surface area contributed by atoms with Crippen molar-refractivity contribution >= 4 is 17.4 Å². The second-order valence-corrected chi connectivity index (χ2v) is 7.76. The summed E-state index contributed by atoms with van der Waals surface area (Å²) in [5.74, 6) is 0.0791. The number of benzene rings is 1. The Morgan fingerprint density at radius 2 is 1.88 bits per heavy atom. The maximum Gasteiger partial charge on any atom is 0.257 e. The number of aromatic nitrogens is 5. The summed E-state index contributed by atoms with van der Waals surface area (Å²) in [6.07, 6.45) is 4.78. The average Bonchev–Trinajstić information content (AvgIpc) is 3.21. The summed E-state index contributed by atoms with van der Waals surface area (Å²) in [4.78, 5) is 21.9. The third-order valence-electron chi connectivity index (χ3n) is 5.34. The molecule has 1 amide bonds. The van der Waals surface area contributed by atoms with Crippen molar-refractivity contribution in [2.75, 3.05) is 5.32 Å². The Balaban J connectivity index is 1.57. The van der Waals surface area contributed by atoms with E-state index in [1.54, 1.807) is 36.0 Å². The van der Waals surface area contributed by atoms with E-state index in [1.165, 1.54) is 12.3 Å². The summed E-state index contributed by atoms with van der Waals surface area (Å²) in [7, 11) is 0. The Morgan fingerprint density at radius 3 is 2.70 bits per heavy atom. The van der Waals surface area contributed by atoms with Crippen LogP contribution in [0.3, 0.4) is 0 Å². The van der Waals surface area contributed by atoms with Gasteiger partial charge in [0.05, 0.1) is 11.3 Å². The molecule has 0 aliphatic heterocycles. The zero-order valence-corrected chi connectivity index (χ0v) is 18.1. The van der Waals surface area contributed by atoms with Gasteiger partial charge in [-0.25, -0.2) is 14.5 Å². The first kappa shape index (κ1) is 20.3. The van der Waals surface area contributed by atoms with Crippen molar-refractivity contribution in [2.24, 2.45) is 0 Å². The van der Waals surface area contributed by atoms with Crippen molar-refractivity contribution in [3.05, 3.63) is 96.1 Å². The number of carbonyl (C=O) groups is 1. The van der Waals surface area contributed by atoms with Gasteiger partial charge in [0.25, 0.3) is 5.91 Å². The SMILES string of the molecule is Cc1cccc(-c2nc3cccnn3c2-c2ccnc(NC(=O)c3cc[n+](O)c(C)c3)c2)c1. The Hall–Kier alpha value is -4.59. The summed E-state index contributed by atoms with van der Waals surface area (Å²) < 4.78 is 2.75. The molecule has 0 atom stereocenters. The van der Waals surface area contributed by atoms with Crippen molar-refractivity contribution in [3.8, 4) is 22.5 Å². The molecular weight excluding hydrogens is 416 g/mol. The van der Waals surface area contributed by atoms with Gasteiger partial charge in [-0.15, -0.1) is 0 Å². The summed E-state index contributed by atoms with van der Waals surface area (Å²) >= 11 is 0. The number of hydrogen-bond donors (Lipinski definition) is 2. The molecule has 33 heavy (non-hydrogen) atoms. The third kappa shape index (κ3) is 3.89. The monoisotopic (exact) mass is 437 g/mol. The lowest BCUT2D eigenvalue weighted by Crippen LogP contribution is -2.33. The molecule has 4 heterocycles. The lowest BCUT2D eigenvalue weighted by Gasteiger charge is -2.08. The molecular formula is C25H21N6O2+. The van der Waals surface area contributed by atoms with E-state index in [1.807, 2.05) is 43.3 Å². The summed E-state index contributed by atoms with van der Waals surface area (Å²) in [6, 6.07) is 18.7. The van der Waals surface area contributed by atoms with Crippen LogP contribution in [-0.2, 0) is 0 Å². The fraction of sp³-hybridized carbons (Fsp3) is 0.0800. The van der Waals surface area contributed by atoms with Crippen LogP contribution in [-0.4, -0.2) is 30.7 Å². The number of imidazole rings is 1. The predicted octanol–water partition coefficient (Wildman–Crippen LogP) is 3.85. The Labute approximate surface area is 189 Å². The summed E-state index contributed by atoms with van der Waals surface area (Å²) in [5.41, 5.74) is 6.23. The Kier molecular flexibility index (Phi) is 5.02. The van der Waals surface area contributed by atoms with Gasteiger partial charge in [0, 0.05) is 47.3 Å². The van der Waals surface area contributed by atoms with Gasteiger partial charge in [0.1, 0.15) is 11.5 Å². The lowest BCUT2D eigenvalue weighted by molar-refractivity contribution is -0.908. The highest BCUT2D eigenvalue weighted by Crippen LogP contribution is 2.33. The fourth-order valence-corrected chi connectivity index (χ4v) is 3.73. The number of rotatable bonds is 4. The molecule has 0 aliphatic rings. The highest BCUT2D eigenvalue weighted by Gasteiger charge is 2.18. The first-order chi connectivity index (χ1) is 16.0.